The number of rotatable bonds is 9. The van der Waals surface area contributed by atoms with Gasteiger partial charge in [-0.25, -0.2) is 0 Å². The van der Waals surface area contributed by atoms with Crippen LogP contribution >= 0.6 is 0 Å². The topological polar surface area (TPSA) is 59.1 Å². The molecular formula is C40H43F3N2O4. The maximum atomic E-state index is 14.1. The lowest BCUT2D eigenvalue weighted by Crippen LogP contribution is -2.79. The van der Waals surface area contributed by atoms with E-state index in [-0.39, 0.29) is 29.9 Å². The second-order valence-corrected chi connectivity index (χ2v) is 14.5. The van der Waals surface area contributed by atoms with Gasteiger partial charge in [-0.15, -0.1) is 0 Å². The van der Waals surface area contributed by atoms with E-state index < -0.39 is 28.9 Å². The third kappa shape index (κ3) is 5.73. The van der Waals surface area contributed by atoms with E-state index in [0.29, 0.717) is 24.9 Å². The summed E-state index contributed by atoms with van der Waals surface area (Å²) in [5.41, 5.74) is 1.92. The van der Waals surface area contributed by atoms with Gasteiger partial charge in [0, 0.05) is 31.7 Å². The Morgan fingerprint density at radius 3 is 2.49 bits per heavy atom. The highest BCUT2D eigenvalue weighted by molar-refractivity contribution is 5.92. The largest absolute Gasteiger partial charge is 0.487 e. The number of benzene rings is 3. The van der Waals surface area contributed by atoms with Crippen LogP contribution in [-0.2, 0) is 38.8 Å². The van der Waals surface area contributed by atoms with Gasteiger partial charge in [0.05, 0.1) is 23.1 Å². The lowest BCUT2D eigenvalue weighted by Gasteiger charge is -2.65. The van der Waals surface area contributed by atoms with Crippen molar-refractivity contribution in [3.05, 3.63) is 107 Å². The number of carbonyl (C=O) groups excluding carboxylic acids is 2. The molecule has 1 saturated carbocycles. The van der Waals surface area contributed by atoms with Crippen LogP contribution in [-0.4, -0.2) is 65.1 Å². The van der Waals surface area contributed by atoms with E-state index in [0.717, 1.165) is 55.8 Å². The number of hydrogen-bond acceptors (Lipinski definition) is 5. The monoisotopic (exact) mass is 672 g/mol. The number of alkyl halides is 3. The molecule has 0 radical (unpaired) electrons. The molecule has 2 fully saturated rings. The summed E-state index contributed by atoms with van der Waals surface area (Å²) in [7, 11) is 0. The van der Waals surface area contributed by atoms with Gasteiger partial charge < -0.3 is 14.4 Å². The first kappa shape index (κ1) is 33.4. The fourth-order valence-corrected chi connectivity index (χ4v) is 9.34. The van der Waals surface area contributed by atoms with Gasteiger partial charge in [-0.05, 0) is 85.5 Å². The van der Waals surface area contributed by atoms with Gasteiger partial charge >= 0.3 is 12.1 Å². The molecule has 9 heteroatoms. The van der Waals surface area contributed by atoms with E-state index in [9.17, 15) is 22.8 Å². The Labute approximate surface area is 285 Å². The summed E-state index contributed by atoms with van der Waals surface area (Å²) in [6, 6.07) is 21.1. The standard InChI is InChI=1S/C40H43F3N2O4/c1-26(2)25-45(35(47)17-14-29-12-15-31(16-13-29)40(41,42)43)32-18-20-39(49-27(3)46)34-24-30-10-7-11-33-36(30)38(39,37(32)48-33)21-23-44(34)22-19-28-8-5-4-6-9-28/h4-17,26,32,34,37H,18-25H2,1-3H3/t32-,34+,37-,38-,39+/m0/s1. The number of piperidine rings is 1. The van der Waals surface area contributed by atoms with Gasteiger partial charge in [0.1, 0.15) is 17.5 Å². The Bertz CT molecular complexity index is 1740. The number of hydrogen-bond donors (Lipinski definition) is 0. The molecule has 4 aliphatic rings. The van der Waals surface area contributed by atoms with Gasteiger partial charge in [0.2, 0.25) is 5.91 Å². The van der Waals surface area contributed by atoms with E-state index in [1.165, 1.54) is 36.3 Å². The molecule has 5 atom stereocenters. The highest BCUT2D eigenvalue weighted by Gasteiger charge is 2.75. The number of esters is 1. The van der Waals surface area contributed by atoms with Crippen molar-refractivity contribution < 1.29 is 32.2 Å². The number of halogens is 3. The van der Waals surface area contributed by atoms with Gasteiger partial charge in [-0.1, -0.05) is 68.4 Å². The zero-order valence-electron chi connectivity index (χ0n) is 28.2. The number of likely N-dealkylation sites (tertiary alicyclic amines) is 1. The van der Waals surface area contributed by atoms with E-state index in [4.69, 9.17) is 9.47 Å². The second-order valence-electron chi connectivity index (χ2n) is 14.5. The summed E-state index contributed by atoms with van der Waals surface area (Å²) in [6.07, 6.45) is 1.70. The van der Waals surface area contributed by atoms with Crippen LogP contribution in [0.4, 0.5) is 13.2 Å². The molecule has 0 aromatic heterocycles. The quantitative estimate of drug-likeness (QED) is 0.177. The van der Waals surface area contributed by atoms with Crippen LogP contribution in [0, 0.1) is 5.92 Å². The molecule has 0 N–H and O–H groups in total. The molecule has 1 saturated heterocycles. The van der Waals surface area contributed by atoms with Crippen molar-refractivity contribution in [2.75, 3.05) is 19.6 Å². The van der Waals surface area contributed by atoms with E-state index in [2.05, 4.69) is 49.1 Å². The highest BCUT2D eigenvalue weighted by Crippen LogP contribution is 2.65. The van der Waals surface area contributed by atoms with Crippen LogP contribution in [0.3, 0.4) is 0 Å². The Hall–Kier alpha value is -4.11. The van der Waals surface area contributed by atoms with Crippen molar-refractivity contribution in [3.63, 3.8) is 0 Å². The number of carbonyl (C=O) groups is 2. The Morgan fingerprint density at radius 2 is 1.80 bits per heavy atom. The fourth-order valence-electron chi connectivity index (χ4n) is 9.34. The lowest BCUT2D eigenvalue weighted by molar-refractivity contribution is -0.224. The average molecular weight is 673 g/mol. The summed E-state index contributed by atoms with van der Waals surface area (Å²) in [6.45, 7) is 7.75. The third-order valence-corrected chi connectivity index (χ3v) is 11.2. The maximum absolute atomic E-state index is 14.1. The Kier molecular flexibility index (Phi) is 8.62. The van der Waals surface area contributed by atoms with Crippen molar-refractivity contribution in [1.29, 1.82) is 0 Å². The molecule has 2 bridgehead atoms. The molecule has 3 aromatic rings. The molecule has 2 aliphatic heterocycles. The number of amides is 1. The van der Waals surface area contributed by atoms with Gasteiger partial charge in [-0.2, -0.15) is 13.2 Å². The Balaban J connectivity index is 1.24. The van der Waals surface area contributed by atoms with Crippen molar-refractivity contribution in [3.8, 4) is 5.75 Å². The van der Waals surface area contributed by atoms with Crippen molar-refractivity contribution in [2.24, 2.45) is 5.92 Å². The third-order valence-electron chi connectivity index (χ3n) is 11.2. The van der Waals surface area contributed by atoms with Crippen molar-refractivity contribution >= 4 is 18.0 Å². The molecule has 3 aromatic carbocycles. The van der Waals surface area contributed by atoms with Gasteiger partial charge in [-0.3, -0.25) is 14.5 Å². The summed E-state index contributed by atoms with van der Waals surface area (Å²) >= 11 is 0. The predicted octanol–water partition coefficient (Wildman–Crippen LogP) is 7.24. The molecule has 1 amide bonds. The fraction of sp³-hybridized carbons (Fsp3) is 0.450. The highest BCUT2D eigenvalue weighted by atomic mass is 19.4. The molecule has 2 aliphatic carbocycles. The summed E-state index contributed by atoms with van der Waals surface area (Å²) in [5.74, 6) is 0.426. The smallest absolute Gasteiger partial charge is 0.416 e. The molecule has 2 heterocycles. The lowest BCUT2D eigenvalue weighted by atomic mass is 9.48. The predicted molar refractivity (Wildman–Crippen MR) is 181 cm³/mol. The van der Waals surface area contributed by atoms with Crippen LogP contribution in [0.1, 0.15) is 67.9 Å². The summed E-state index contributed by atoms with van der Waals surface area (Å²) in [5, 5.41) is 0. The van der Waals surface area contributed by atoms with E-state index in [1.807, 2.05) is 23.1 Å². The normalized spacial score (nSPS) is 27.1. The minimum atomic E-state index is -4.43. The maximum Gasteiger partial charge on any atom is 0.416 e. The molecule has 258 valence electrons. The number of ether oxygens (including phenoxy) is 2. The number of nitrogens with zero attached hydrogens (tertiary/aromatic N) is 2. The van der Waals surface area contributed by atoms with E-state index in [1.54, 1.807) is 6.08 Å². The first-order chi connectivity index (χ1) is 23.4. The molecule has 6 nitrogen and oxygen atoms in total. The molecule has 7 rings (SSSR count). The minimum absolute atomic E-state index is 0.0458. The average Bonchev–Trinajstić information content (AvgIpc) is 3.41. The zero-order chi connectivity index (χ0) is 34.6. The van der Waals surface area contributed by atoms with Gasteiger partial charge in [0.25, 0.3) is 0 Å². The first-order valence-corrected chi connectivity index (χ1v) is 17.4. The first-order valence-electron chi connectivity index (χ1n) is 17.4. The molecular weight excluding hydrogens is 629 g/mol. The van der Waals surface area contributed by atoms with Crippen LogP contribution in [0.25, 0.3) is 6.08 Å². The van der Waals surface area contributed by atoms with Crippen molar-refractivity contribution in [1.82, 2.24) is 9.80 Å². The van der Waals surface area contributed by atoms with Crippen LogP contribution < -0.4 is 4.74 Å². The van der Waals surface area contributed by atoms with Gasteiger partial charge in [0.15, 0.2) is 0 Å². The molecule has 0 unspecified atom stereocenters. The summed E-state index contributed by atoms with van der Waals surface area (Å²) < 4.78 is 53.0. The molecule has 1 spiro atoms. The zero-order valence-corrected chi connectivity index (χ0v) is 28.2. The van der Waals surface area contributed by atoms with Crippen LogP contribution in [0.2, 0.25) is 0 Å². The van der Waals surface area contributed by atoms with Crippen molar-refractivity contribution in [2.45, 2.75) is 88.3 Å². The molecule has 49 heavy (non-hydrogen) atoms. The van der Waals surface area contributed by atoms with E-state index >= 15 is 0 Å². The Morgan fingerprint density at radius 1 is 1.04 bits per heavy atom. The SMILES string of the molecule is CC(=O)O[C@@]12CC[C@H](N(CC(C)C)C(=O)C=Cc3ccc(C(F)(F)F)cc3)[C@@H]3Oc4cccc5c4[C@@]31CCN(CCc1ccccc1)[C@@H]2C5. The van der Waals surface area contributed by atoms with Crippen LogP contribution in [0.5, 0.6) is 5.75 Å². The minimum Gasteiger partial charge on any atom is -0.487 e. The summed E-state index contributed by atoms with van der Waals surface area (Å²) in [4.78, 5) is 31.6. The van der Waals surface area contributed by atoms with Crippen LogP contribution in [0.15, 0.2) is 78.9 Å². The second kappa shape index (κ2) is 12.7.